The van der Waals surface area contributed by atoms with E-state index in [1.807, 2.05) is 32.9 Å². The Morgan fingerprint density at radius 2 is 2.00 bits per heavy atom. The van der Waals surface area contributed by atoms with Crippen molar-refractivity contribution in [2.45, 2.75) is 39.7 Å². The molecule has 1 atom stereocenters. The maximum Gasteiger partial charge on any atom is 0.253 e. The van der Waals surface area contributed by atoms with Crippen molar-refractivity contribution in [1.29, 1.82) is 0 Å². The molecule has 0 spiro atoms. The monoisotopic (exact) mass is 264 g/mol. The molecule has 0 saturated heterocycles. The molecule has 0 bridgehead atoms. The number of aliphatic hydroxyl groups is 1. The predicted molar refractivity (Wildman–Crippen MR) is 78.0 cm³/mol. The molecule has 4 heteroatoms. The van der Waals surface area contributed by atoms with Crippen LogP contribution in [0.15, 0.2) is 18.2 Å². The Kier molecular flexibility index (Phi) is 5.83. The van der Waals surface area contributed by atoms with Crippen LogP contribution < -0.4 is 11.1 Å². The lowest BCUT2D eigenvalue weighted by atomic mass is 9.96. The first kappa shape index (κ1) is 15.5. The highest BCUT2D eigenvalue weighted by Crippen LogP contribution is 2.16. The Bertz CT molecular complexity index is 408. The Morgan fingerprint density at radius 1 is 1.37 bits per heavy atom. The van der Waals surface area contributed by atoms with Gasteiger partial charge in [-0.2, -0.15) is 0 Å². The van der Waals surface area contributed by atoms with Gasteiger partial charge in [-0.05, 0) is 24.5 Å². The lowest BCUT2D eigenvalue weighted by molar-refractivity contribution is 0.0817. The van der Waals surface area contributed by atoms with Crippen molar-refractivity contribution in [3.63, 3.8) is 0 Å². The topological polar surface area (TPSA) is 75.3 Å². The highest BCUT2D eigenvalue weighted by atomic mass is 16.3. The SMILES string of the molecule is CCC(CC)C(O)CNC(=O)c1c(C)cccc1N. The van der Waals surface area contributed by atoms with Crippen LogP contribution in [0.3, 0.4) is 0 Å². The number of hydrogen-bond acceptors (Lipinski definition) is 3. The van der Waals surface area contributed by atoms with Gasteiger partial charge >= 0.3 is 0 Å². The van der Waals surface area contributed by atoms with Gasteiger partial charge in [0.1, 0.15) is 0 Å². The van der Waals surface area contributed by atoms with Gasteiger partial charge in [0.25, 0.3) is 5.91 Å². The third kappa shape index (κ3) is 3.96. The van der Waals surface area contributed by atoms with Crippen LogP contribution in [-0.2, 0) is 0 Å². The molecule has 1 aromatic carbocycles. The fourth-order valence-electron chi connectivity index (χ4n) is 2.29. The minimum Gasteiger partial charge on any atom is -0.398 e. The second kappa shape index (κ2) is 7.14. The van der Waals surface area contributed by atoms with E-state index >= 15 is 0 Å². The van der Waals surface area contributed by atoms with Gasteiger partial charge < -0.3 is 16.2 Å². The molecule has 0 aromatic heterocycles. The van der Waals surface area contributed by atoms with E-state index in [4.69, 9.17) is 5.73 Å². The summed E-state index contributed by atoms with van der Waals surface area (Å²) in [5, 5.41) is 12.8. The van der Waals surface area contributed by atoms with Gasteiger partial charge in [-0.15, -0.1) is 0 Å². The van der Waals surface area contributed by atoms with Crippen LogP contribution in [0.5, 0.6) is 0 Å². The molecule has 1 unspecified atom stereocenters. The average Bonchev–Trinajstić information content (AvgIpc) is 2.37. The van der Waals surface area contributed by atoms with Crippen LogP contribution >= 0.6 is 0 Å². The minimum absolute atomic E-state index is 0.217. The van der Waals surface area contributed by atoms with Gasteiger partial charge in [0, 0.05) is 12.2 Å². The molecular weight excluding hydrogens is 240 g/mol. The third-order valence-corrected chi connectivity index (χ3v) is 3.60. The number of carbonyl (C=O) groups is 1. The van der Waals surface area contributed by atoms with Crippen molar-refractivity contribution in [3.8, 4) is 0 Å². The largest absolute Gasteiger partial charge is 0.398 e. The average molecular weight is 264 g/mol. The Morgan fingerprint density at radius 3 is 2.53 bits per heavy atom. The van der Waals surface area contributed by atoms with Crippen LogP contribution in [0, 0.1) is 12.8 Å². The lowest BCUT2D eigenvalue weighted by Crippen LogP contribution is -2.36. The molecule has 0 fully saturated rings. The predicted octanol–water partition coefficient (Wildman–Crippen LogP) is 2.10. The number of amides is 1. The van der Waals surface area contributed by atoms with Crippen molar-refractivity contribution in [2.24, 2.45) is 5.92 Å². The maximum atomic E-state index is 12.1. The maximum absolute atomic E-state index is 12.1. The molecule has 0 radical (unpaired) electrons. The van der Waals surface area contributed by atoms with E-state index in [1.54, 1.807) is 6.07 Å². The molecule has 1 aromatic rings. The van der Waals surface area contributed by atoms with Crippen molar-refractivity contribution >= 4 is 11.6 Å². The Balaban J connectivity index is 2.66. The molecular formula is C15H24N2O2. The van der Waals surface area contributed by atoms with E-state index in [-0.39, 0.29) is 18.4 Å². The van der Waals surface area contributed by atoms with E-state index < -0.39 is 6.10 Å². The number of hydrogen-bond donors (Lipinski definition) is 3. The number of nitrogen functional groups attached to an aromatic ring is 1. The van der Waals surface area contributed by atoms with Crippen LogP contribution in [0.1, 0.15) is 42.6 Å². The van der Waals surface area contributed by atoms with Gasteiger partial charge in [-0.3, -0.25) is 4.79 Å². The summed E-state index contributed by atoms with van der Waals surface area (Å²) >= 11 is 0. The summed E-state index contributed by atoms with van der Waals surface area (Å²) in [6.07, 6.45) is 1.30. The quantitative estimate of drug-likeness (QED) is 0.689. The standard InChI is InChI=1S/C15H24N2O2/c1-4-11(5-2)13(18)9-17-15(19)14-10(3)7-6-8-12(14)16/h6-8,11,13,18H,4-5,9,16H2,1-3H3,(H,17,19). The second-order valence-electron chi connectivity index (χ2n) is 4.89. The third-order valence-electron chi connectivity index (χ3n) is 3.60. The molecule has 19 heavy (non-hydrogen) atoms. The number of aryl methyl sites for hydroxylation is 1. The molecule has 0 heterocycles. The van der Waals surface area contributed by atoms with Crippen molar-refractivity contribution in [3.05, 3.63) is 29.3 Å². The van der Waals surface area contributed by atoms with E-state index in [0.29, 0.717) is 11.3 Å². The summed E-state index contributed by atoms with van der Waals surface area (Å²) in [6, 6.07) is 5.38. The van der Waals surface area contributed by atoms with Gasteiger partial charge in [-0.1, -0.05) is 38.8 Å². The molecule has 0 aliphatic carbocycles. The zero-order valence-electron chi connectivity index (χ0n) is 11.9. The van der Waals surface area contributed by atoms with Crippen molar-refractivity contribution in [1.82, 2.24) is 5.32 Å². The summed E-state index contributed by atoms with van der Waals surface area (Å²) in [5.41, 5.74) is 7.63. The first-order valence-corrected chi connectivity index (χ1v) is 6.82. The Hall–Kier alpha value is -1.55. The Labute approximate surface area is 115 Å². The van der Waals surface area contributed by atoms with Gasteiger partial charge in [0.05, 0.1) is 11.7 Å². The van der Waals surface area contributed by atoms with E-state index in [0.717, 1.165) is 18.4 Å². The van der Waals surface area contributed by atoms with E-state index in [2.05, 4.69) is 5.32 Å². The molecule has 106 valence electrons. The van der Waals surface area contributed by atoms with Gasteiger partial charge in [0.2, 0.25) is 0 Å². The number of nitrogens with one attached hydrogen (secondary N) is 1. The summed E-state index contributed by atoms with van der Waals surface area (Å²) in [5.74, 6) is -0.00452. The summed E-state index contributed by atoms with van der Waals surface area (Å²) in [7, 11) is 0. The fraction of sp³-hybridized carbons (Fsp3) is 0.533. The highest BCUT2D eigenvalue weighted by molar-refractivity contribution is 6.00. The zero-order chi connectivity index (χ0) is 14.4. The molecule has 0 aliphatic heterocycles. The van der Waals surface area contributed by atoms with E-state index in [1.165, 1.54) is 0 Å². The minimum atomic E-state index is -0.510. The smallest absolute Gasteiger partial charge is 0.253 e. The van der Waals surface area contributed by atoms with E-state index in [9.17, 15) is 9.90 Å². The summed E-state index contributed by atoms with van der Waals surface area (Å²) in [4.78, 5) is 12.1. The number of benzene rings is 1. The molecule has 1 amide bonds. The first-order chi connectivity index (χ1) is 9.01. The summed E-state index contributed by atoms with van der Waals surface area (Å²) < 4.78 is 0. The number of anilines is 1. The van der Waals surface area contributed by atoms with Crippen LogP contribution in [0.4, 0.5) is 5.69 Å². The highest BCUT2D eigenvalue weighted by Gasteiger charge is 2.18. The van der Waals surface area contributed by atoms with Gasteiger partial charge in [-0.25, -0.2) is 0 Å². The number of rotatable bonds is 6. The van der Waals surface area contributed by atoms with Gasteiger partial charge in [0.15, 0.2) is 0 Å². The lowest BCUT2D eigenvalue weighted by Gasteiger charge is -2.20. The van der Waals surface area contributed by atoms with Crippen molar-refractivity contribution < 1.29 is 9.90 Å². The van der Waals surface area contributed by atoms with Crippen molar-refractivity contribution in [2.75, 3.05) is 12.3 Å². The second-order valence-corrected chi connectivity index (χ2v) is 4.89. The number of nitrogens with two attached hydrogens (primary N) is 1. The normalized spacial score (nSPS) is 12.5. The first-order valence-electron chi connectivity index (χ1n) is 6.82. The molecule has 1 rings (SSSR count). The number of carbonyl (C=O) groups excluding carboxylic acids is 1. The fourth-order valence-corrected chi connectivity index (χ4v) is 2.29. The summed E-state index contributed by atoms with van der Waals surface area (Å²) in [6.45, 7) is 6.19. The molecule has 0 aliphatic rings. The zero-order valence-corrected chi connectivity index (χ0v) is 11.9. The molecule has 0 saturated carbocycles. The van der Waals surface area contributed by atoms with Crippen LogP contribution in [-0.4, -0.2) is 23.7 Å². The molecule has 4 N–H and O–H groups in total. The molecule has 4 nitrogen and oxygen atoms in total. The van der Waals surface area contributed by atoms with Crippen LogP contribution in [0.25, 0.3) is 0 Å². The van der Waals surface area contributed by atoms with Crippen LogP contribution in [0.2, 0.25) is 0 Å². The number of aliphatic hydroxyl groups excluding tert-OH is 1.